The van der Waals surface area contributed by atoms with E-state index in [2.05, 4.69) is 32.9 Å². The minimum Gasteiger partial charge on any atom is -0.480 e. The normalized spacial score (nSPS) is 21.5. The summed E-state index contributed by atoms with van der Waals surface area (Å²) in [5.41, 5.74) is 4.47. The summed E-state index contributed by atoms with van der Waals surface area (Å²) < 4.78 is 52.1. The molecule has 0 amide bonds. The number of aliphatic hydroxyl groups excluding tert-OH is 1. The summed E-state index contributed by atoms with van der Waals surface area (Å²) >= 11 is 0. The molecule has 266 valence electrons. The Morgan fingerprint density at radius 1 is 1.24 bits per heavy atom. The number of aliphatic carboxylic acids is 1. The number of carboxylic acid groups (broad SMARTS) is 1. The summed E-state index contributed by atoms with van der Waals surface area (Å²) in [7, 11) is -4.72. The lowest BCUT2D eigenvalue weighted by molar-refractivity contribution is -0.152. The van der Waals surface area contributed by atoms with Gasteiger partial charge in [-0.05, 0) is 25.3 Å². The molecule has 1 aliphatic rings. The number of nitrogen functional groups attached to an aromatic ring is 1. The van der Waals surface area contributed by atoms with Crippen molar-refractivity contribution in [3.63, 3.8) is 0 Å². The number of ether oxygens (including phenoxy) is 2. The number of hydrogen-bond donors (Lipinski definition) is 4. The van der Waals surface area contributed by atoms with Crippen molar-refractivity contribution >= 4 is 36.7 Å². The standard InChI is InChI=1S/C32H42FN6O9P/c1-4-6-7-8-9-13-16-45-30(43)21(3)48-49(44,38-23(29(41)42)17-22-14-11-10-12-15-22)46-19-32(5-2)24(40)18-25(47-32)39-20-35-26-27(34)36-31(33)37-28(26)39/h2,10-12,14-15,20-21,23-25,40H,4,6-9,13,16-19H2,1,3H3,(H,38,44)(H,41,42)(H2,34,36,37)/t21-,23-,24-,25+,32+,49+/m0/s1. The number of aromatic nitrogens is 4. The van der Waals surface area contributed by atoms with E-state index < -0.39 is 62.4 Å². The van der Waals surface area contributed by atoms with E-state index in [1.165, 1.54) is 17.8 Å². The van der Waals surface area contributed by atoms with E-state index in [0.717, 1.165) is 32.1 Å². The van der Waals surface area contributed by atoms with E-state index >= 15 is 0 Å². The highest BCUT2D eigenvalue weighted by Crippen LogP contribution is 2.49. The average molecular weight is 705 g/mol. The fourth-order valence-electron chi connectivity index (χ4n) is 5.28. The maximum absolute atomic E-state index is 14.3. The second kappa shape index (κ2) is 17.1. The highest BCUT2D eigenvalue weighted by atomic mass is 31.2. The van der Waals surface area contributed by atoms with Crippen molar-refractivity contribution in [1.29, 1.82) is 0 Å². The number of nitrogens with zero attached hydrogens (tertiary/aromatic N) is 4. The Labute approximate surface area is 283 Å². The number of carbonyl (C=O) groups excluding carboxylic acids is 1. The number of nitrogens with two attached hydrogens (primary N) is 1. The largest absolute Gasteiger partial charge is 0.480 e. The van der Waals surface area contributed by atoms with Crippen LogP contribution in [0.2, 0.25) is 0 Å². The molecular formula is C32H42FN6O9P. The number of hydrogen-bond acceptors (Lipinski definition) is 12. The molecule has 4 rings (SSSR count). The second-order valence-corrected chi connectivity index (χ2v) is 13.4. The number of esters is 1. The zero-order valence-electron chi connectivity index (χ0n) is 27.4. The molecule has 49 heavy (non-hydrogen) atoms. The number of carboxylic acids is 1. The minimum absolute atomic E-state index is 0.0230. The first kappa shape index (κ1) is 37.8. The lowest BCUT2D eigenvalue weighted by Crippen LogP contribution is -2.44. The highest BCUT2D eigenvalue weighted by molar-refractivity contribution is 7.51. The van der Waals surface area contributed by atoms with E-state index in [1.807, 2.05) is 0 Å². The summed E-state index contributed by atoms with van der Waals surface area (Å²) in [5.74, 6) is -0.0882. The number of nitrogens with one attached hydrogen (secondary N) is 1. The van der Waals surface area contributed by atoms with Crippen LogP contribution in [-0.2, 0) is 39.1 Å². The van der Waals surface area contributed by atoms with E-state index in [-0.39, 0.29) is 36.4 Å². The minimum atomic E-state index is -4.72. The molecule has 15 nitrogen and oxygen atoms in total. The van der Waals surface area contributed by atoms with Crippen LogP contribution in [0, 0.1) is 18.4 Å². The molecule has 3 aromatic rings. The van der Waals surface area contributed by atoms with Crippen LogP contribution in [0.5, 0.6) is 0 Å². The Morgan fingerprint density at radius 3 is 2.65 bits per heavy atom. The predicted molar refractivity (Wildman–Crippen MR) is 175 cm³/mol. The van der Waals surface area contributed by atoms with Crippen molar-refractivity contribution in [2.45, 2.75) is 95.3 Å². The van der Waals surface area contributed by atoms with Gasteiger partial charge in [0.2, 0.25) is 0 Å². The van der Waals surface area contributed by atoms with E-state index in [1.54, 1.807) is 30.3 Å². The number of imidazole rings is 1. The lowest BCUT2D eigenvalue weighted by atomic mass is 9.99. The number of rotatable bonds is 19. The Morgan fingerprint density at radius 2 is 1.96 bits per heavy atom. The van der Waals surface area contributed by atoms with Crippen molar-refractivity contribution < 1.29 is 47.3 Å². The fraction of sp³-hybridized carbons (Fsp3) is 0.531. The molecule has 1 fully saturated rings. The number of carbonyl (C=O) groups is 2. The van der Waals surface area contributed by atoms with Crippen molar-refractivity contribution in [2.24, 2.45) is 0 Å². The molecule has 2 aromatic heterocycles. The number of aliphatic hydroxyl groups is 1. The summed E-state index contributed by atoms with van der Waals surface area (Å²) in [6.07, 6.45) is 7.56. The van der Waals surface area contributed by atoms with Crippen molar-refractivity contribution in [3.8, 4) is 12.3 Å². The molecule has 0 unspecified atom stereocenters. The molecule has 3 heterocycles. The lowest BCUT2D eigenvalue weighted by Gasteiger charge is -2.30. The third kappa shape index (κ3) is 9.81. The van der Waals surface area contributed by atoms with Gasteiger partial charge in [0.1, 0.15) is 25.0 Å². The van der Waals surface area contributed by atoms with Gasteiger partial charge in [-0.3, -0.25) is 18.4 Å². The molecule has 0 radical (unpaired) electrons. The van der Waals surface area contributed by atoms with Crippen LogP contribution in [-0.4, -0.2) is 78.7 Å². The first-order chi connectivity index (χ1) is 23.4. The molecule has 1 aliphatic heterocycles. The zero-order valence-corrected chi connectivity index (χ0v) is 28.3. The van der Waals surface area contributed by atoms with E-state index in [9.17, 15) is 28.8 Å². The molecule has 6 atom stereocenters. The molecule has 0 saturated carbocycles. The highest BCUT2D eigenvalue weighted by Gasteiger charge is 2.50. The van der Waals surface area contributed by atoms with Gasteiger partial charge in [-0.15, -0.1) is 6.42 Å². The van der Waals surface area contributed by atoms with Gasteiger partial charge in [-0.1, -0.05) is 75.3 Å². The Bertz CT molecular complexity index is 1670. The molecule has 0 aliphatic carbocycles. The molecule has 0 spiro atoms. The summed E-state index contributed by atoms with van der Waals surface area (Å²) in [6.45, 7) is 2.75. The van der Waals surface area contributed by atoms with Gasteiger partial charge in [-0.25, -0.2) is 19.4 Å². The quantitative estimate of drug-likeness (QED) is 0.0458. The third-order valence-electron chi connectivity index (χ3n) is 8.00. The molecule has 5 N–H and O–H groups in total. The van der Waals surface area contributed by atoms with Gasteiger partial charge in [0.25, 0.3) is 0 Å². The topological polar surface area (TPSA) is 210 Å². The SMILES string of the molecule is C#C[C@]1(CO[P@](=O)(N[C@@H](Cc2ccccc2)C(=O)O)O[C@@H](C)C(=O)OCCCCCCCC)O[C@@H](n2cnc3c(N)nc(F)nc32)C[C@@H]1O. The number of benzene rings is 1. The van der Waals surface area contributed by atoms with Gasteiger partial charge in [0.15, 0.2) is 28.7 Å². The maximum atomic E-state index is 14.3. The van der Waals surface area contributed by atoms with Crippen LogP contribution >= 0.6 is 7.75 Å². The predicted octanol–water partition coefficient (Wildman–Crippen LogP) is 3.92. The average Bonchev–Trinajstić information content (AvgIpc) is 3.64. The molecular weight excluding hydrogens is 662 g/mol. The zero-order chi connectivity index (χ0) is 35.6. The Hall–Kier alpha value is -3.97. The van der Waals surface area contributed by atoms with E-state index in [0.29, 0.717) is 12.0 Å². The van der Waals surface area contributed by atoms with Crippen LogP contribution in [0.25, 0.3) is 11.2 Å². The van der Waals surface area contributed by atoms with Gasteiger partial charge in [0, 0.05) is 6.42 Å². The number of terminal acetylenes is 1. The van der Waals surface area contributed by atoms with Crippen LogP contribution in [0.3, 0.4) is 0 Å². The monoisotopic (exact) mass is 704 g/mol. The number of anilines is 1. The van der Waals surface area contributed by atoms with Gasteiger partial charge in [0.05, 0.1) is 12.9 Å². The first-order valence-corrected chi connectivity index (χ1v) is 17.6. The van der Waals surface area contributed by atoms with Crippen molar-refractivity contribution in [2.75, 3.05) is 18.9 Å². The summed E-state index contributed by atoms with van der Waals surface area (Å²) in [4.78, 5) is 36.4. The second-order valence-electron chi connectivity index (χ2n) is 11.7. The summed E-state index contributed by atoms with van der Waals surface area (Å²) in [5, 5.41) is 23.5. The van der Waals surface area contributed by atoms with Gasteiger partial charge < -0.3 is 25.4 Å². The number of fused-ring (bicyclic) bond motifs is 1. The number of unbranched alkanes of at least 4 members (excludes halogenated alkanes) is 5. The van der Waals surface area contributed by atoms with Crippen LogP contribution in [0.15, 0.2) is 36.7 Å². The molecule has 1 aromatic carbocycles. The van der Waals surface area contributed by atoms with Gasteiger partial charge >= 0.3 is 25.8 Å². The molecule has 0 bridgehead atoms. The van der Waals surface area contributed by atoms with Crippen LogP contribution < -0.4 is 10.8 Å². The maximum Gasteiger partial charge on any atom is 0.407 e. The third-order valence-corrected chi connectivity index (χ3v) is 9.69. The smallest absolute Gasteiger partial charge is 0.407 e. The van der Waals surface area contributed by atoms with Crippen LogP contribution in [0.1, 0.15) is 70.6 Å². The Balaban J connectivity index is 1.51. The Kier molecular flexibility index (Phi) is 13.2. The molecule has 1 saturated heterocycles. The van der Waals surface area contributed by atoms with E-state index in [4.69, 9.17) is 30.7 Å². The van der Waals surface area contributed by atoms with Crippen LogP contribution in [0.4, 0.5) is 10.2 Å². The fourth-order valence-corrected chi connectivity index (χ4v) is 6.92. The first-order valence-electron chi connectivity index (χ1n) is 16.0. The van der Waals surface area contributed by atoms with Gasteiger partial charge in [-0.2, -0.15) is 14.4 Å². The summed E-state index contributed by atoms with van der Waals surface area (Å²) in [6, 6.07) is 7.06. The number of halogens is 1. The van der Waals surface area contributed by atoms with Crippen molar-refractivity contribution in [1.82, 2.24) is 24.6 Å². The molecule has 17 heteroatoms. The van der Waals surface area contributed by atoms with Crippen molar-refractivity contribution in [3.05, 3.63) is 48.3 Å².